The normalized spacial score (nSPS) is 41.4. The van der Waals surface area contributed by atoms with E-state index in [4.69, 9.17) is 20.3 Å². The van der Waals surface area contributed by atoms with Gasteiger partial charge in [-0.05, 0) is 0 Å². The van der Waals surface area contributed by atoms with Gasteiger partial charge in [-0.3, -0.25) is 0 Å². The molecule has 4 atom stereocenters. The summed E-state index contributed by atoms with van der Waals surface area (Å²) in [6, 6.07) is 7.23. The predicted molar refractivity (Wildman–Crippen MR) is 173 cm³/mol. The van der Waals surface area contributed by atoms with Crippen LogP contribution in [0.3, 0.4) is 0 Å². The predicted octanol–water partition coefficient (Wildman–Crippen LogP) is 6.42. The standard InChI is InChI=1S/C36H41IO9/c1-20(2)28(38)43-34-12-22-10-32(18-34,11-23(22)13-34)30(40)45-37(26-6-8-27(42-5)9-7-26)46-31(41)33-14-24-16-35(44-29(39)21(3)4)17-25(15-33)36(24,35)19-33/h6-9,22-25H,1,3,10-19H2,2,4-5H3. The van der Waals surface area contributed by atoms with Crippen LogP contribution in [0.4, 0.5) is 0 Å². The maximum atomic E-state index is 14.3. The van der Waals surface area contributed by atoms with Gasteiger partial charge in [0.15, 0.2) is 0 Å². The van der Waals surface area contributed by atoms with Crippen molar-refractivity contribution >= 4 is 44.5 Å². The van der Waals surface area contributed by atoms with Gasteiger partial charge in [-0.25, -0.2) is 0 Å². The van der Waals surface area contributed by atoms with Gasteiger partial charge in [0, 0.05) is 0 Å². The average Bonchev–Trinajstić information content (AvgIpc) is 3.66. The number of carbonyl (C=O) groups is 4. The summed E-state index contributed by atoms with van der Waals surface area (Å²) < 4.78 is 30.9. The third-order valence-electron chi connectivity index (χ3n) is 12.9. The van der Waals surface area contributed by atoms with Crippen LogP contribution >= 0.6 is 20.6 Å². The van der Waals surface area contributed by atoms with E-state index in [1.54, 1.807) is 33.1 Å². The Kier molecular flexibility index (Phi) is 6.50. The van der Waals surface area contributed by atoms with Crippen molar-refractivity contribution in [1.82, 2.24) is 0 Å². The van der Waals surface area contributed by atoms with Crippen molar-refractivity contribution in [2.45, 2.75) is 89.3 Å². The van der Waals surface area contributed by atoms with Crippen LogP contribution in [0.2, 0.25) is 0 Å². The molecule has 0 amide bonds. The molecule has 0 heterocycles. The molecule has 1 aromatic rings. The third kappa shape index (κ3) is 4.03. The first kappa shape index (κ1) is 30.4. The van der Waals surface area contributed by atoms with Crippen molar-refractivity contribution in [2.24, 2.45) is 39.9 Å². The molecule has 9 rings (SSSR count). The molecule has 1 spiro atoms. The number of ether oxygens (including phenoxy) is 3. The number of rotatable bonds is 10. The fourth-order valence-corrected chi connectivity index (χ4v) is 14.6. The van der Waals surface area contributed by atoms with Crippen molar-refractivity contribution in [2.75, 3.05) is 7.11 Å². The first-order valence-corrected chi connectivity index (χ1v) is 19.2. The molecule has 8 aliphatic carbocycles. The van der Waals surface area contributed by atoms with Crippen LogP contribution in [0.15, 0.2) is 48.6 Å². The molecule has 6 bridgehead atoms. The van der Waals surface area contributed by atoms with Gasteiger partial charge in [0.05, 0.1) is 0 Å². The fraction of sp³-hybridized carbons (Fsp3) is 0.611. The minimum atomic E-state index is -3.31. The van der Waals surface area contributed by atoms with Crippen LogP contribution in [0, 0.1) is 43.5 Å². The van der Waals surface area contributed by atoms with E-state index in [9.17, 15) is 19.2 Å². The van der Waals surface area contributed by atoms with Gasteiger partial charge < -0.3 is 0 Å². The number of benzene rings is 1. The number of hydrogen-bond donors (Lipinski definition) is 0. The monoisotopic (exact) mass is 744 g/mol. The van der Waals surface area contributed by atoms with Crippen LogP contribution in [0.25, 0.3) is 0 Å². The summed E-state index contributed by atoms with van der Waals surface area (Å²) in [6.07, 6.45) is 6.95. The van der Waals surface area contributed by atoms with Crippen molar-refractivity contribution < 1.29 is 39.5 Å². The van der Waals surface area contributed by atoms with Crippen molar-refractivity contribution in [3.8, 4) is 5.75 Å². The van der Waals surface area contributed by atoms with Crippen molar-refractivity contribution in [3.05, 3.63) is 52.1 Å². The minimum absolute atomic E-state index is 0.163. The molecule has 0 aromatic heterocycles. The van der Waals surface area contributed by atoms with Crippen molar-refractivity contribution in [1.29, 1.82) is 0 Å². The number of methoxy groups -OCH3 is 1. The first-order valence-electron chi connectivity index (χ1n) is 16.3. The van der Waals surface area contributed by atoms with E-state index in [0.29, 0.717) is 82.7 Å². The Morgan fingerprint density at radius 3 is 1.76 bits per heavy atom. The Hall–Kier alpha value is -2.89. The Bertz CT molecular complexity index is 1560. The molecule has 4 unspecified atom stereocenters. The molecule has 8 fully saturated rings. The van der Waals surface area contributed by atoms with Gasteiger partial charge in [0.2, 0.25) is 0 Å². The van der Waals surface area contributed by atoms with Gasteiger partial charge >= 0.3 is 278 Å². The van der Waals surface area contributed by atoms with E-state index < -0.39 is 48.7 Å². The van der Waals surface area contributed by atoms with Crippen LogP contribution in [0.5, 0.6) is 5.75 Å². The number of carbonyl (C=O) groups excluding carboxylic acids is 4. The zero-order valence-corrected chi connectivity index (χ0v) is 28.8. The third-order valence-corrected chi connectivity index (χ3v) is 16.3. The molecule has 0 saturated heterocycles. The maximum absolute atomic E-state index is 14.3. The Morgan fingerprint density at radius 2 is 1.24 bits per heavy atom. The molecule has 246 valence electrons. The van der Waals surface area contributed by atoms with E-state index >= 15 is 0 Å². The first-order chi connectivity index (χ1) is 21.8. The second kappa shape index (κ2) is 9.82. The second-order valence-electron chi connectivity index (χ2n) is 15.6. The quantitative estimate of drug-likeness (QED) is 0.152. The molecular formula is C36H41IO9. The summed E-state index contributed by atoms with van der Waals surface area (Å²) in [5.74, 6) is 0.470. The molecule has 8 aliphatic rings. The molecule has 1 aromatic carbocycles. The van der Waals surface area contributed by atoms with E-state index in [0.717, 1.165) is 25.7 Å². The van der Waals surface area contributed by atoms with Gasteiger partial charge in [-0.15, -0.1) is 0 Å². The van der Waals surface area contributed by atoms with Gasteiger partial charge in [0.1, 0.15) is 0 Å². The fourth-order valence-electron chi connectivity index (χ4n) is 11.4. The molecule has 0 aliphatic heterocycles. The number of fused-ring (bicyclic) bond motifs is 1. The molecule has 0 radical (unpaired) electrons. The zero-order chi connectivity index (χ0) is 32.4. The summed E-state index contributed by atoms with van der Waals surface area (Å²) >= 11 is -3.31. The Balaban J connectivity index is 1.03. The van der Waals surface area contributed by atoms with Crippen LogP contribution in [-0.2, 0) is 34.8 Å². The topological polar surface area (TPSA) is 114 Å². The summed E-state index contributed by atoms with van der Waals surface area (Å²) in [6.45, 7) is 10.8. The molecule has 8 saturated carbocycles. The number of halogens is 1. The van der Waals surface area contributed by atoms with E-state index in [2.05, 4.69) is 13.2 Å². The Morgan fingerprint density at radius 1 is 0.717 bits per heavy atom. The van der Waals surface area contributed by atoms with Gasteiger partial charge in [-0.2, -0.15) is 0 Å². The summed E-state index contributed by atoms with van der Waals surface area (Å²) in [4.78, 5) is 53.6. The number of hydrogen-bond acceptors (Lipinski definition) is 9. The molecule has 46 heavy (non-hydrogen) atoms. The van der Waals surface area contributed by atoms with Gasteiger partial charge in [0.25, 0.3) is 0 Å². The van der Waals surface area contributed by atoms with Gasteiger partial charge in [-0.1, -0.05) is 0 Å². The van der Waals surface area contributed by atoms with E-state index in [-0.39, 0.29) is 23.3 Å². The zero-order valence-electron chi connectivity index (χ0n) is 26.7. The SMILES string of the molecule is C=C(C)C(=O)OC12CC3CC(C(=O)OI(OC(=O)C45CC6CC7(OC(=O)C(=C)C)CC(C4)C67C5)c4ccc(OC)cc4)(CC3C1)C2. The average molecular weight is 745 g/mol. The molecule has 10 heteroatoms. The number of esters is 2. The molecular weight excluding hydrogens is 703 g/mol. The summed E-state index contributed by atoms with van der Waals surface area (Å²) in [7, 11) is 1.58. The molecule has 9 nitrogen and oxygen atoms in total. The van der Waals surface area contributed by atoms with Crippen LogP contribution in [-0.4, -0.2) is 42.2 Å². The van der Waals surface area contributed by atoms with E-state index in [1.807, 2.05) is 12.1 Å². The summed E-state index contributed by atoms with van der Waals surface area (Å²) in [5, 5.41) is 0. The second-order valence-corrected chi connectivity index (χ2v) is 19.0. The molecule has 0 N–H and O–H groups in total. The van der Waals surface area contributed by atoms with Crippen molar-refractivity contribution in [3.63, 3.8) is 0 Å². The van der Waals surface area contributed by atoms with Crippen LogP contribution in [0.1, 0.15) is 78.1 Å². The summed E-state index contributed by atoms with van der Waals surface area (Å²) in [5.41, 5.74) is -2.04. The van der Waals surface area contributed by atoms with E-state index in [1.165, 1.54) is 0 Å². The van der Waals surface area contributed by atoms with Crippen LogP contribution < -0.4 is 4.74 Å². The Labute approximate surface area is 277 Å².